The van der Waals surface area contributed by atoms with Crippen LogP contribution in [0.25, 0.3) is 21.9 Å². The van der Waals surface area contributed by atoms with Crippen molar-refractivity contribution in [2.24, 2.45) is 0 Å². The van der Waals surface area contributed by atoms with Crippen molar-refractivity contribution in [2.45, 2.75) is 20.1 Å². The Hall–Kier alpha value is -1.98. The minimum Gasteiger partial charge on any atom is -0.395 e. The number of hydrogen-bond donors (Lipinski definition) is 1. The third kappa shape index (κ3) is 2.15. The van der Waals surface area contributed by atoms with Gasteiger partial charge >= 0.3 is 0 Å². The van der Waals surface area contributed by atoms with E-state index in [1.54, 1.807) is 6.20 Å². The number of aliphatic hydroxyl groups is 1. The van der Waals surface area contributed by atoms with Gasteiger partial charge in [-0.1, -0.05) is 18.2 Å². The molecule has 2 aromatic heterocycles. The Bertz CT molecular complexity index is 736. The molecule has 104 valence electrons. The maximum Gasteiger partial charge on any atom is 0.136 e. The zero-order valence-electron chi connectivity index (χ0n) is 11.4. The number of pyridine rings is 1. The normalized spacial score (nSPS) is 11.5. The molecular formula is C15H17N3O2. The van der Waals surface area contributed by atoms with Crippen molar-refractivity contribution in [2.75, 3.05) is 13.2 Å². The number of benzene rings is 1. The number of aromatic nitrogens is 3. The molecule has 0 saturated carbocycles. The molecule has 3 rings (SSSR count). The number of hydrogen-bond acceptors (Lipinski definition) is 4. The molecule has 5 nitrogen and oxygen atoms in total. The maximum absolute atomic E-state index is 9.31. The van der Waals surface area contributed by atoms with Gasteiger partial charge in [-0.15, -0.1) is 0 Å². The van der Waals surface area contributed by atoms with E-state index in [-0.39, 0.29) is 6.61 Å². The zero-order chi connectivity index (χ0) is 13.9. The van der Waals surface area contributed by atoms with Crippen LogP contribution in [0, 0.1) is 0 Å². The second-order valence-electron chi connectivity index (χ2n) is 4.55. The molecule has 0 atom stereocenters. The van der Waals surface area contributed by atoms with Crippen LogP contribution < -0.4 is 0 Å². The van der Waals surface area contributed by atoms with Crippen LogP contribution in [0.4, 0.5) is 0 Å². The van der Waals surface area contributed by atoms with Crippen molar-refractivity contribution in [3.05, 3.63) is 36.3 Å². The average Bonchev–Trinajstić information content (AvgIpc) is 2.84. The first-order chi connectivity index (χ1) is 9.85. The van der Waals surface area contributed by atoms with E-state index in [1.165, 1.54) is 0 Å². The molecule has 0 bridgehead atoms. The fourth-order valence-electron chi connectivity index (χ4n) is 2.45. The largest absolute Gasteiger partial charge is 0.395 e. The first-order valence-electron chi connectivity index (χ1n) is 6.76. The van der Waals surface area contributed by atoms with E-state index in [9.17, 15) is 5.11 Å². The number of aliphatic hydroxyl groups excluding tert-OH is 1. The van der Waals surface area contributed by atoms with Crippen LogP contribution in [0.15, 0.2) is 30.5 Å². The third-order valence-corrected chi connectivity index (χ3v) is 3.32. The highest BCUT2D eigenvalue weighted by Crippen LogP contribution is 2.24. The Morgan fingerprint density at radius 1 is 1.25 bits per heavy atom. The Kier molecular flexibility index (Phi) is 3.62. The molecule has 0 aliphatic heterocycles. The Morgan fingerprint density at radius 2 is 2.10 bits per heavy atom. The van der Waals surface area contributed by atoms with Crippen LogP contribution in [0.2, 0.25) is 0 Å². The Morgan fingerprint density at radius 3 is 2.90 bits per heavy atom. The molecule has 0 saturated heterocycles. The SMILES string of the molecule is CCOCc1nc2cnc3ccccc3c2n1CCO. The fourth-order valence-corrected chi connectivity index (χ4v) is 2.45. The van der Waals surface area contributed by atoms with Gasteiger partial charge in [-0.2, -0.15) is 0 Å². The molecule has 0 aliphatic rings. The highest BCUT2D eigenvalue weighted by Gasteiger charge is 2.13. The fraction of sp³-hybridized carbons (Fsp3) is 0.333. The van der Waals surface area contributed by atoms with Gasteiger partial charge in [0.15, 0.2) is 0 Å². The molecule has 20 heavy (non-hydrogen) atoms. The summed E-state index contributed by atoms with van der Waals surface area (Å²) in [6.45, 7) is 3.62. The van der Waals surface area contributed by atoms with Crippen molar-refractivity contribution >= 4 is 21.9 Å². The van der Waals surface area contributed by atoms with Crippen molar-refractivity contribution in [3.8, 4) is 0 Å². The zero-order valence-corrected chi connectivity index (χ0v) is 11.4. The van der Waals surface area contributed by atoms with Crippen molar-refractivity contribution in [1.82, 2.24) is 14.5 Å². The Balaban J connectivity index is 2.26. The highest BCUT2D eigenvalue weighted by molar-refractivity contribution is 6.02. The van der Waals surface area contributed by atoms with Crippen LogP contribution in [0.3, 0.4) is 0 Å². The molecule has 0 radical (unpaired) electrons. The second kappa shape index (κ2) is 5.56. The van der Waals surface area contributed by atoms with Gasteiger partial charge in [0.05, 0.1) is 23.8 Å². The number of nitrogens with zero attached hydrogens (tertiary/aromatic N) is 3. The molecule has 0 spiro atoms. The molecule has 0 fully saturated rings. The van der Waals surface area contributed by atoms with E-state index in [1.807, 2.05) is 35.8 Å². The molecule has 2 heterocycles. The summed E-state index contributed by atoms with van der Waals surface area (Å²) in [6, 6.07) is 7.97. The minimum atomic E-state index is 0.0707. The molecule has 1 N–H and O–H groups in total. The van der Waals surface area contributed by atoms with Crippen LogP contribution >= 0.6 is 0 Å². The molecule has 5 heteroatoms. The van der Waals surface area contributed by atoms with Gasteiger partial charge in [-0.25, -0.2) is 4.98 Å². The van der Waals surface area contributed by atoms with E-state index in [0.29, 0.717) is 19.8 Å². The smallest absolute Gasteiger partial charge is 0.136 e. The van der Waals surface area contributed by atoms with Gasteiger partial charge in [0.25, 0.3) is 0 Å². The van der Waals surface area contributed by atoms with Crippen LogP contribution in [-0.4, -0.2) is 32.9 Å². The molecular weight excluding hydrogens is 254 g/mol. The van der Waals surface area contributed by atoms with Crippen molar-refractivity contribution in [1.29, 1.82) is 0 Å². The van der Waals surface area contributed by atoms with Crippen molar-refractivity contribution < 1.29 is 9.84 Å². The van der Waals surface area contributed by atoms with E-state index >= 15 is 0 Å². The molecule has 0 amide bonds. The highest BCUT2D eigenvalue weighted by atomic mass is 16.5. The summed E-state index contributed by atoms with van der Waals surface area (Å²) < 4.78 is 7.49. The lowest BCUT2D eigenvalue weighted by Gasteiger charge is -2.08. The number of rotatable bonds is 5. The van der Waals surface area contributed by atoms with Crippen molar-refractivity contribution in [3.63, 3.8) is 0 Å². The average molecular weight is 271 g/mol. The van der Waals surface area contributed by atoms with Gasteiger partial charge in [-0.05, 0) is 13.0 Å². The summed E-state index contributed by atoms with van der Waals surface area (Å²) in [5.41, 5.74) is 2.79. The number of imidazole rings is 1. The molecule has 3 aromatic rings. The first kappa shape index (κ1) is 13.0. The van der Waals surface area contributed by atoms with Gasteiger partial charge in [0, 0.05) is 18.5 Å². The third-order valence-electron chi connectivity index (χ3n) is 3.32. The molecule has 0 unspecified atom stereocenters. The Labute approximate surface area is 116 Å². The number of para-hydroxylation sites is 1. The summed E-state index contributed by atoms with van der Waals surface area (Å²) in [7, 11) is 0. The maximum atomic E-state index is 9.31. The monoisotopic (exact) mass is 271 g/mol. The van der Waals surface area contributed by atoms with E-state index in [4.69, 9.17) is 4.74 Å². The lowest BCUT2D eigenvalue weighted by Crippen LogP contribution is -2.08. The van der Waals surface area contributed by atoms with E-state index < -0.39 is 0 Å². The standard InChI is InChI=1S/C15H17N3O2/c1-2-20-10-14-17-13-9-16-12-6-4-3-5-11(12)15(13)18(14)7-8-19/h3-6,9,19H,2,7-8,10H2,1H3. The van der Waals surface area contributed by atoms with Gasteiger partial charge in [0.1, 0.15) is 17.9 Å². The summed E-state index contributed by atoms with van der Waals surface area (Å²) in [6.07, 6.45) is 1.78. The first-order valence-corrected chi connectivity index (χ1v) is 6.76. The van der Waals surface area contributed by atoms with E-state index in [2.05, 4.69) is 9.97 Å². The molecule has 1 aromatic carbocycles. The van der Waals surface area contributed by atoms with Gasteiger partial charge in [0.2, 0.25) is 0 Å². The topological polar surface area (TPSA) is 60.2 Å². The van der Waals surface area contributed by atoms with Gasteiger partial charge < -0.3 is 14.4 Å². The van der Waals surface area contributed by atoms with E-state index in [0.717, 1.165) is 27.8 Å². The lowest BCUT2D eigenvalue weighted by molar-refractivity contribution is 0.125. The number of ether oxygens (including phenoxy) is 1. The second-order valence-corrected chi connectivity index (χ2v) is 4.55. The predicted octanol–water partition coefficient (Wildman–Crippen LogP) is 2.11. The van der Waals surface area contributed by atoms with Crippen LogP contribution in [0.1, 0.15) is 12.7 Å². The number of fused-ring (bicyclic) bond motifs is 3. The summed E-state index contributed by atoms with van der Waals surface area (Å²) in [4.78, 5) is 9.01. The molecule has 0 aliphatic carbocycles. The minimum absolute atomic E-state index is 0.0707. The van der Waals surface area contributed by atoms with Gasteiger partial charge in [-0.3, -0.25) is 4.98 Å². The summed E-state index contributed by atoms with van der Waals surface area (Å²) >= 11 is 0. The summed E-state index contributed by atoms with van der Waals surface area (Å²) in [5.74, 6) is 0.828. The predicted molar refractivity (Wildman–Crippen MR) is 77.4 cm³/mol. The van der Waals surface area contributed by atoms with Crippen LogP contribution in [-0.2, 0) is 17.9 Å². The van der Waals surface area contributed by atoms with Crippen LogP contribution in [0.5, 0.6) is 0 Å². The quantitative estimate of drug-likeness (QED) is 0.772. The lowest BCUT2D eigenvalue weighted by atomic mass is 10.2. The summed E-state index contributed by atoms with van der Waals surface area (Å²) in [5, 5.41) is 10.4.